The molecule has 11 heavy (non-hydrogen) atoms. The lowest BCUT2D eigenvalue weighted by Gasteiger charge is -1.96. The first kappa shape index (κ1) is 9.95. The van der Waals surface area contributed by atoms with Crippen LogP contribution in [0.4, 0.5) is 5.82 Å². The van der Waals surface area contributed by atoms with Crippen LogP contribution in [0.5, 0.6) is 0 Å². The molecule has 0 amide bonds. The fraction of sp³-hybridized carbons (Fsp3) is 0.444. The molecule has 1 aromatic rings. The SMILES string of the molecule is CC.Cc1cc(C)nc(N)c1. The van der Waals surface area contributed by atoms with Crippen molar-refractivity contribution in [2.24, 2.45) is 0 Å². The number of hydrogen-bond donors (Lipinski definition) is 1. The van der Waals surface area contributed by atoms with Crippen LogP contribution in [0.3, 0.4) is 0 Å². The summed E-state index contributed by atoms with van der Waals surface area (Å²) >= 11 is 0. The summed E-state index contributed by atoms with van der Waals surface area (Å²) in [6.45, 7) is 7.94. The third kappa shape index (κ3) is 3.61. The quantitative estimate of drug-likeness (QED) is 0.619. The van der Waals surface area contributed by atoms with Crippen LogP contribution in [0, 0.1) is 13.8 Å². The van der Waals surface area contributed by atoms with Crippen LogP contribution in [-0.2, 0) is 0 Å². The number of nitrogens with two attached hydrogens (primary N) is 1. The van der Waals surface area contributed by atoms with Gasteiger partial charge in [0, 0.05) is 5.69 Å². The Morgan fingerprint density at radius 3 is 2.09 bits per heavy atom. The number of hydrogen-bond acceptors (Lipinski definition) is 2. The summed E-state index contributed by atoms with van der Waals surface area (Å²) < 4.78 is 0. The molecule has 0 aliphatic carbocycles. The number of rotatable bonds is 0. The molecule has 1 heterocycles. The normalized spacial score (nSPS) is 8.36. The lowest BCUT2D eigenvalue weighted by molar-refractivity contribution is 1.19. The van der Waals surface area contributed by atoms with Crippen molar-refractivity contribution in [1.29, 1.82) is 0 Å². The molecular weight excluding hydrogens is 136 g/mol. The van der Waals surface area contributed by atoms with E-state index in [4.69, 9.17) is 5.73 Å². The molecule has 1 rings (SSSR count). The van der Waals surface area contributed by atoms with E-state index in [0.29, 0.717) is 5.82 Å². The summed E-state index contributed by atoms with van der Waals surface area (Å²) in [5.74, 6) is 0.604. The molecule has 2 heteroatoms. The van der Waals surface area contributed by atoms with Gasteiger partial charge in [-0.25, -0.2) is 4.98 Å². The van der Waals surface area contributed by atoms with Crippen molar-refractivity contribution in [3.05, 3.63) is 23.4 Å². The Hall–Kier alpha value is -1.05. The summed E-state index contributed by atoms with van der Waals surface area (Å²) in [7, 11) is 0. The Labute approximate surface area is 68.5 Å². The zero-order valence-corrected chi connectivity index (χ0v) is 7.68. The van der Waals surface area contributed by atoms with Gasteiger partial charge in [0.2, 0.25) is 0 Å². The van der Waals surface area contributed by atoms with Gasteiger partial charge >= 0.3 is 0 Å². The van der Waals surface area contributed by atoms with E-state index in [0.717, 1.165) is 5.69 Å². The minimum Gasteiger partial charge on any atom is -0.384 e. The van der Waals surface area contributed by atoms with Crippen LogP contribution in [0.15, 0.2) is 12.1 Å². The smallest absolute Gasteiger partial charge is 0.123 e. The number of aryl methyl sites for hydroxylation is 2. The third-order valence-corrected chi connectivity index (χ3v) is 1.12. The molecule has 0 aliphatic heterocycles. The summed E-state index contributed by atoms with van der Waals surface area (Å²) in [5.41, 5.74) is 7.59. The first-order valence-corrected chi connectivity index (χ1v) is 3.89. The fourth-order valence-corrected chi connectivity index (χ4v) is 0.873. The Morgan fingerprint density at radius 2 is 1.73 bits per heavy atom. The summed E-state index contributed by atoms with van der Waals surface area (Å²) in [4.78, 5) is 4.01. The van der Waals surface area contributed by atoms with Crippen LogP contribution in [0.2, 0.25) is 0 Å². The predicted molar refractivity (Wildman–Crippen MR) is 49.5 cm³/mol. The minimum absolute atomic E-state index is 0.604. The molecule has 0 saturated carbocycles. The molecule has 0 bridgehead atoms. The summed E-state index contributed by atoms with van der Waals surface area (Å²) in [6, 6.07) is 3.85. The first-order valence-electron chi connectivity index (χ1n) is 3.89. The average molecular weight is 152 g/mol. The average Bonchev–Trinajstić information content (AvgIpc) is 1.88. The zero-order chi connectivity index (χ0) is 8.85. The highest BCUT2D eigenvalue weighted by Crippen LogP contribution is 2.03. The standard InChI is InChI=1S/C7H10N2.C2H6/c1-5-3-6(2)9-7(8)4-5;1-2/h3-4H,1-2H3,(H2,8,9);1-2H3. The van der Waals surface area contributed by atoms with Crippen molar-refractivity contribution in [2.75, 3.05) is 5.73 Å². The van der Waals surface area contributed by atoms with Gasteiger partial charge in [0.15, 0.2) is 0 Å². The van der Waals surface area contributed by atoms with Gasteiger partial charge in [-0.05, 0) is 31.5 Å². The van der Waals surface area contributed by atoms with E-state index < -0.39 is 0 Å². The third-order valence-electron chi connectivity index (χ3n) is 1.12. The highest BCUT2D eigenvalue weighted by molar-refractivity contribution is 5.33. The van der Waals surface area contributed by atoms with Crippen LogP contribution >= 0.6 is 0 Å². The van der Waals surface area contributed by atoms with E-state index in [9.17, 15) is 0 Å². The minimum atomic E-state index is 0.604. The van der Waals surface area contributed by atoms with E-state index in [1.54, 1.807) is 0 Å². The monoisotopic (exact) mass is 152 g/mol. The molecule has 0 spiro atoms. The second-order valence-corrected chi connectivity index (χ2v) is 2.21. The maximum atomic E-state index is 5.45. The van der Waals surface area contributed by atoms with E-state index in [2.05, 4.69) is 4.98 Å². The van der Waals surface area contributed by atoms with Gasteiger partial charge in [-0.1, -0.05) is 13.8 Å². The molecule has 0 unspecified atom stereocenters. The second kappa shape index (κ2) is 4.72. The number of pyridine rings is 1. The van der Waals surface area contributed by atoms with Crippen LogP contribution in [0.1, 0.15) is 25.1 Å². The van der Waals surface area contributed by atoms with Gasteiger partial charge in [-0.15, -0.1) is 0 Å². The maximum absolute atomic E-state index is 5.45. The lowest BCUT2D eigenvalue weighted by Crippen LogP contribution is -1.92. The number of nitrogens with zero attached hydrogens (tertiary/aromatic N) is 1. The summed E-state index contributed by atoms with van der Waals surface area (Å²) in [6.07, 6.45) is 0. The van der Waals surface area contributed by atoms with Gasteiger partial charge in [-0.2, -0.15) is 0 Å². The molecule has 0 radical (unpaired) electrons. The molecule has 0 aromatic carbocycles. The van der Waals surface area contributed by atoms with Crippen molar-refractivity contribution >= 4 is 5.82 Å². The molecule has 2 nitrogen and oxygen atoms in total. The number of aromatic nitrogens is 1. The predicted octanol–water partition coefficient (Wildman–Crippen LogP) is 2.31. The van der Waals surface area contributed by atoms with Gasteiger partial charge in [-0.3, -0.25) is 0 Å². The molecular formula is C9H16N2. The number of anilines is 1. The fourth-order valence-electron chi connectivity index (χ4n) is 0.873. The molecule has 0 aliphatic rings. The van der Waals surface area contributed by atoms with Crippen LogP contribution in [0.25, 0.3) is 0 Å². The molecule has 0 saturated heterocycles. The van der Waals surface area contributed by atoms with Gasteiger partial charge in [0.25, 0.3) is 0 Å². The largest absolute Gasteiger partial charge is 0.384 e. The van der Waals surface area contributed by atoms with Crippen LogP contribution < -0.4 is 5.73 Å². The Bertz CT molecular complexity index is 168. The van der Waals surface area contributed by atoms with E-state index in [1.165, 1.54) is 5.56 Å². The molecule has 1 aromatic heterocycles. The zero-order valence-electron chi connectivity index (χ0n) is 7.68. The first-order chi connectivity index (χ1) is 5.18. The van der Waals surface area contributed by atoms with Crippen molar-refractivity contribution in [1.82, 2.24) is 4.98 Å². The van der Waals surface area contributed by atoms with Crippen molar-refractivity contribution < 1.29 is 0 Å². The molecule has 0 atom stereocenters. The highest BCUT2D eigenvalue weighted by atomic mass is 14.8. The molecule has 2 N–H and O–H groups in total. The van der Waals surface area contributed by atoms with E-state index >= 15 is 0 Å². The highest BCUT2D eigenvalue weighted by Gasteiger charge is 1.89. The van der Waals surface area contributed by atoms with Gasteiger partial charge in [0.1, 0.15) is 5.82 Å². The lowest BCUT2D eigenvalue weighted by atomic mass is 10.2. The van der Waals surface area contributed by atoms with Crippen molar-refractivity contribution in [3.63, 3.8) is 0 Å². The Kier molecular flexibility index (Phi) is 4.27. The Balaban J connectivity index is 0.000000461. The van der Waals surface area contributed by atoms with Crippen molar-refractivity contribution in [2.45, 2.75) is 27.7 Å². The summed E-state index contributed by atoms with van der Waals surface area (Å²) in [5, 5.41) is 0. The topological polar surface area (TPSA) is 38.9 Å². The van der Waals surface area contributed by atoms with Gasteiger partial charge < -0.3 is 5.73 Å². The van der Waals surface area contributed by atoms with Crippen molar-refractivity contribution in [3.8, 4) is 0 Å². The van der Waals surface area contributed by atoms with E-state index in [-0.39, 0.29) is 0 Å². The maximum Gasteiger partial charge on any atom is 0.123 e. The second-order valence-electron chi connectivity index (χ2n) is 2.21. The Morgan fingerprint density at radius 1 is 1.18 bits per heavy atom. The number of nitrogen functional groups attached to an aromatic ring is 1. The van der Waals surface area contributed by atoms with E-state index in [1.807, 2.05) is 39.8 Å². The molecule has 0 fully saturated rings. The van der Waals surface area contributed by atoms with Gasteiger partial charge in [0.05, 0.1) is 0 Å². The van der Waals surface area contributed by atoms with Crippen LogP contribution in [-0.4, -0.2) is 4.98 Å². The molecule has 62 valence electrons.